The number of carbonyl (C=O) groups is 1. The van der Waals surface area contributed by atoms with E-state index in [1.807, 2.05) is 0 Å². The average molecular weight is 297 g/mol. The highest BCUT2D eigenvalue weighted by Gasteiger charge is 2.25. The van der Waals surface area contributed by atoms with Crippen LogP contribution in [0.5, 0.6) is 0 Å². The molecule has 5 nitrogen and oxygen atoms in total. The molecular formula is C14H21ClN4O. The number of carbonyl (C=O) groups excluding carboxylic acids is 1. The summed E-state index contributed by atoms with van der Waals surface area (Å²) in [5.74, 6) is 1.33. The maximum Gasteiger partial charge on any atom is 0.220 e. The van der Waals surface area contributed by atoms with Crippen molar-refractivity contribution in [2.45, 2.75) is 39.0 Å². The smallest absolute Gasteiger partial charge is 0.220 e. The third-order valence-electron chi connectivity index (χ3n) is 3.57. The van der Waals surface area contributed by atoms with Gasteiger partial charge in [-0.15, -0.1) is 0 Å². The van der Waals surface area contributed by atoms with Crippen LogP contribution in [0.3, 0.4) is 0 Å². The maximum atomic E-state index is 11.2. The molecule has 0 spiro atoms. The molecule has 1 aromatic rings. The molecule has 1 aliphatic rings. The van der Waals surface area contributed by atoms with Crippen molar-refractivity contribution in [1.82, 2.24) is 9.97 Å². The number of anilines is 1. The van der Waals surface area contributed by atoms with Crippen molar-refractivity contribution in [3.05, 3.63) is 17.0 Å². The Kier molecular flexibility index (Phi) is 4.18. The van der Waals surface area contributed by atoms with E-state index >= 15 is 0 Å². The molecule has 0 aromatic carbocycles. The van der Waals surface area contributed by atoms with Gasteiger partial charge < -0.3 is 10.6 Å². The van der Waals surface area contributed by atoms with Crippen molar-refractivity contribution in [2.24, 2.45) is 11.7 Å². The molecule has 1 amide bonds. The summed E-state index contributed by atoms with van der Waals surface area (Å²) in [6.45, 7) is 7.71. The van der Waals surface area contributed by atoms with Crippen molar-refractivity contribution < 1.29 is 4.79 Å². The topological polar surface area (TPSA) is 72.1 Å². The van der Waals surface area contributed by atoms with Crippen LogP contribution in [0.15, 0.2) is 6.07 Å². The van der Waals surface area contributed by atoms with Crippen molar-refractivity contribution in [3.63, 3.8) is 0 Å². The average Bonchev–Trinajstić information content (AvgIpc) is 2.37. The predicted octanol–water partition coefficient (Wildman–Crippen LogP) is 2.13. The Hall–Kier alpha value is -1.36. The van der Waals surface area contributed by atoms with Crippen molar-refractivity contribution in [1.29, 1.82) is 0 Å². The van der Waals surface area contributed by atoms with Crippen molar-refractivity contribution in [3.8, 4) is 0 Å². The van der Waals surface area contributed by atoms with Gasteiger partial charge in [-0.3, -0.25) is 4.79 Å². The first-order chi connectivity index (χ1) is 9.27. The van der Waals surface area contributed by atoms with E-state index in [1.165, 1.54) is 0 Å². The molecule has 6 heteroatoms. The van der Waals surface area contributed by atoms with Gasteiger partial charge in [-0.05, 0) is 12.8 Å². The van der Waals surface area contributed by atoms with E-state index in [-0.39, 0.29) is 17.2 Å². The van der Waals surface area contributed by atoms with Crippen molar-refractivity contribution >= 4 is 23.3 Å². The summed E-state index contributed by atoms with van der Waals surface area (Å²) in [6, 6.07) is 1.78. The van der Waals surface area contributed by atoms with Crippen LogP contribution in [0.1, 0.15) is 39.4 Å². The molecule has 1 fully saturated rings. The Morgan fingerprint density at radius 1 is 1.35 bits per heavy atom. The second kappa shape index (κ2) is 5.56. The molecule has 20 heavy (non-hydrogen) atoms. The lowest BCUT2D eigenvalue weighted by atomic mass is 9.95. The van der Waals surface area contributed by atoms with Crippen LogP contribution >= 0.6 is 11.6 Å². The van der Waals surface area contributed by atoms with Gasteiger partial charge in [0.05, 0.1) is 0 Å². The number of aromatic nitrogens is 2. The SMILES string of the molecule is CC(C)(C)c1nc(Cl)cc(N2CCC(C(N)=O)CC2)n1. The largest absolute Gasteiger partial charge is 0.369 e. The minimum absolute atomic E-state index is 0.0226. The van der Waals surface area contributed by atoms with Gasteiger partial charge in [0.1, 0.15) is 16.8 Å². The van der Waals surface area contributed by atoms with E-state index in [0.29, 0.717) is 5.15 Å². The summed E-state index contributed by atoms with van der Waals surface area (Å²) in [4.78, 5) is 22.2. The molecule has 2 rings (SSSR count). The third-order valence-corrected chi connectivity index (χ3v) is 3.77. The number of nitrogens with zero attached hydrogens (tertiary/aromatic N) is 3. The molecule has 0 saturated carbocycles. The first kappa shape index (κ1) is 15.0. The van der Waals surface area contributed by atoms with Gasteiger partial charge in [-0.2, -0.15) is 0 Å². The Morgan fingerprint density at radius 2 is 1.95 bits per heavy atom. The molecule has 0 radical (unpaired) electrons. The van der Waals surface area contributed by atoms with Gasteiger partial charge in [0.25, 0.3) is 0 Å². The first-order valence-electron chi connectivity index (χ1n) is 6.86. The van der Waals surface area contributed by atoms with Crippen LogP contribution in [-0.4, -0.2) is 29.0 Å². The Balaban J connectivity index is 2.18. The minimum Gasteiger partial charge on any atom is -0.369 e. The summed E-state index contributed by atoms with van der Waals surface area (Å²) >= 11 is 6.10. The van der Waals surface area contributed by atoms with Crippen LogP contribution < -0.4 is 10.6 Å². The van der Waals surface area contributed by atoms with E-state index in [0.717, 1.165) is 37.6 Å². The predicted molar refractivity (Wildman–Crippen MR) is 79.9 cm³/mol. The van der Waals surface area contributed by atoms with Crippen molar-refractivity contribution in [2.75, 3.05) is 18.0 Å². The lowest BCUT2D eigenvalue weighted by Crippen LogP contribution is -2.39. The molecule has 0 atom stereocenters. The Morgan fingerprint density at radius 3 is 2.45 bits per heavy atom. The zero-order valence-corrected chi connectivity index (χ0v) is 12.9. The number of primary amides is 1. The number of hydrogen-bond donors (Lipinski definition) is 1. The van der Waals surface area contributed by atoms with E-state index < -0.39 is 0 Å². The molecule has 0 aliphatic carbocycles. The van der Waals surface area contributed by atoms with E-state index in [9.17, 15) is 4.79 Å². The van der Waals surface area contributed by atoms with Gasteiger partial charge in [-0.1, -0.05) is 32.4 Å². The number of nitrogens with two attached hydrogens (primary N) is 1. The quantitative estimate of drug-likeness (QED) is 0.849. The zero-order chi connectivity index (χ0) is 14.9. The number of halogens is 1. The second-order valence-corrected chi connectivity index (χ2v) is 6.67. The maximum absolute atomic E-state index is 11.2. The molecule has 2 N–H and O–H groups in total. The molecule has 1 aliphatic heterocycles. The fourth-order valence-corrected chi connectivity index (χ4v) is 2.47. The van der Waals surface area contributed by atoms with Crippen LogP contribution in [0.4, 0.5) is 5.82 Å². The fraction of sp³-hybridized carbons (Fsp3) is 0.643. The highest BCUT2D eigenvalue weighted by Crippen LogP contribution is 2.26. The summed E-state index contributed by atoms with van der Waals surface area (Å²) in [5, 5.41) is 0.456. The van der Waals surface area contributed by atoms with Gasteiger partial charge in [-0.25, -0.2) is 9.97 Å². The Bertz CT molecular complexity index is 504. The lowest BCUT2D eigenvalue weighted by molar-refractivity contribution is -0.122. The van der Waals surface area contributed by atoms with Crippen LogP contribution in [-0.2, 0) is 10.2 Å². The first-order valence-corrected chi connectivity index (χ1v) is 7.24. The highest BCUT2D eigenvalue weighted by molar-refractivity contribution is 6.29. The number of piperidine rings is 1. The molecular weight excluding hydrogens is 276 g/mol. The number of rotatable bonds is 2. The third kappa shape index (κ3) is 3.39. The van der Waals surface area contributed by atoms with Gasteiger partial charge in [0.15, 0.2) is 0 Å². The monoisotopic (exact) mass is 296 g/mol. The van der Waals surface area contributed by atoms with Crippen LogP contribution in [0.25, 0.3) is 0 Å². The Labute approximate surface area is 124 Å². The van der Waals surface area contributed by atoms with E-state index in [1.54, 1.807) is 6.07 Å². The fourth-order valence-electron chi connectivity index (χ4n) is 2.30. The molecule has 1 aromatic heterocycles. The van der Waals surface area contributed by atoms with Gasteiger partial charge in [0, 0.05) is 30.5 Å². The minimum atomic E-state index is -0.208. The standard InChI is InChI=1S/C14H21ClN4O/c1-14(2,3)13-17-10(15)8-11(18-13)19-6-4-9(5-7-19)12(16)20/h8-9H,4-7H2,1-3H3,(H2,16,20). The summed E-state index contributed by atoms with van der Waals surface area (Å²) in [7, 11) is 0. The summed E-state index contributed by atoms with van der Waals surface area (Å²) in [6.07, 6.45) is 1.53. The highest BCUT2D eigenvalue weighted by atomic mass is 35.5. The number of amides is 1. The molecule has 1 saturated heterocycles. The van der Waals surface area contributed by atoms with Crippen LogP contribution in [0, 0.1) is 5.92 Å². The summed E-state index contributed by atoms with van der Waals surface area (Å²) in [5.41, 5.74) is 5.20. The van der Waals surface area contributed by atoms with Crippen LogP contribution in [0.2, 0.25) is 5.15 Å². The lowest BCUT2D eigenvalue weighted by Gasteiger charge is -2.32. The second-order valence-electron chi connectivity index (χ2n) is 6.29. The summed E-state index contributed by atoms with van der Waals surface area (Å²) < 4.78 is 0. The van der Waals surface area contributed by atoms with E-state index in [4.69, 9.17) is 17.3 Å². The van der Waals surface area contributed by atoms with Gasteiger partial charge >= 0.3 is 0 Å². The molecule has 2 heterocycles. The normalized spacial score (nSPS) is 17.3. The molecule has 110 valence electrons. The number of hydrogen-bond acceptors (Lipinski definition) is 4. The van der Waals surface area contributed by atoms with Gasteiger partial charge in [0.2, 0.25) is 5.91 Å². The molecule has 0 unspecified atom stereocenters. The van der Waals surface area contributed by atoms with E-state index in [2.05, 4.69) is 35.6 Å². The zero-order valence-electron chi connectivity index (χ0n) is 12.2. The molecule has 0 bridgehead atoms.